The van der Waals surface area contributed by atoms with Crippen molar-refractivity contribution in [3.63, 3.8) is 0 Å². The van der Waals surface area contributed by atoms with Crippen molar-refractivity contribution in [2.24, 2.45) is 0 Å². The van der Waals surface area contributed by atoms with Crippen LogP contribution in [0.25, 0.3) is 0 Å². The van der Waals surface area contributed by atoms with Gasteiger partial charge in [-0.2, -0.15) is 0 Å². The highest BCUT2D eigenvalue weighted by atomic mass is 19.1. The van der Waals surface area contributed by atoms with Gasteiger partial charge >= 0.3 is 0 Å². The maximum atomic E-state index is 13.0. The van der Waals surface area contributed by atoms with Crippen LogP contribution < -0.4 is 4.74 Å². The number of hydrogen-bond acceptors (Lipinski definition) is 5. The maximum Gasteiger partial charge on any atom is 0.230 e. The second-order valence-corrected chi connectivity index (χ2v) is 6.31. The number of carbonyl (C=O) groups excluding carboxylic acids is 1. The molecule has 7 heteroatoms. The second-order valence-electron chi connectivity index (χ2n) is 6.31. The Morgan fingerprint density at radius 1 is 1.40 bits per heavy atom. The van der Waals surface area contributed by atoms with Gasteiger partial charge in [-0.1, -0.05) is 5.16 Å². The summed E-state index contributed by atoms with van der Waals surface area (Å²) in [5.74, 6) is 0.783. The Morgan fingerprint density at radius 3 is 2.80 bits per heavy atom. The zero-order valence-corrected chi connectivity index (χ0v) is 14.3. The molecule has 0 aliphatic carbocycles. The first-order valence-corrected chi connectivity index (χ1v) is 8.13. The molecule has 3 rings (SSSR count). The van der Waals surface area contributed by atoms with Gasteiger partial charge in [0, 0.05) is 19.7 Å². The molecule has 0 N–H and O–H groups in total. The predicted octanol–water partition coefficient (Wildman–Crippen LogP) is 2.36. The van der Waals surface area contributed by atoms with E-state index in [-0.39, 0.29) is 18.1 Å². The molecule has 2 aromatic rings. The van der Waals surface area contributed by atoms with E-state index in [0.29, 0.717) is 37.6 Å². The van der Waals surface area contributed by atoms with Crippen LogP contribution in [0, 0.1) is 12.7 Å². The summed E-state index contributed by atoms with van der Waals surface area (Å²) in [4.78, 5) is 14.2. The number of nitrogens with zero attached hydrogens (tertiary/aromatic N) is 2. The van der Waals surface area contributed by atoms with E-state index in [1.54, 1.807) is 30.2 Å². The van der Waals surface area contributed by atoms with E-state index in [2.05, 4.69) is 5.16 Å². The average molecular weight is 348 g/mol. The number of methoxy groups -OCH3 is 1. The molecule has 1 amide bonds. The molecule has 1 atom stereocenters. The molecule has 1 aromatic carbocycles. The van der Waals surface area contributed by atoms with Crippen LogP contribution in [0.1, 0.15) is 17.9 Å². The lowest BCUT2D eigenvalue weighted by Crippen LogP contribution is -2.42. The number of hydrogen-bond donors (Lipinski definition) is 0. The lowest BCUT2D eigenvalue weighted by molar-refractivity contribution is -0.131. The standard InChI is InChI=1S/C18H21FN2O4/c1-13-9-16(25-20-13)10-17(22)21-8-7-18(11-21,23-2)12-24-15-5-3-14(19)4-6-15/h3-6,9H,7-8,10-12H2,1-2H3. The number of carbonyl (C=O) groups is 1. The third kappa shape index (κ3) is 4.17. The zero-order chi connectivity index (χ0) is 17.9. The molecule has 1 fully saturated rings. The van der Waals surface area contributed by atoms with Crippen molar-refractivity contribution in [3.05, 3.63) is 47.6 Å². The Kier molecular flexibility index (Phi) is 5.03. The number of ether oxygens (including phenoxy) is 2. The van der Waals surface area contributed by atoms with Crippen molar-refractivity contribution in [2.75, 3.05) is 26.8 Å². The van der Waals surface area contributed by atoms with E-state index in [0.717, 1.165) is 5.69 Å². The summed E-state index contributed by atoms with van der Waals surface area (Å²) in [5.41, 5.74) is 0.185. The fraction of sp³-hybridized carbons (Fsp3) is 0.444. The number of aryl methyl sites for hydroxylation is 1. The molecule has 1 aliphatic rings. The minimum absolute atomic E-state index is 0.0307. The molecule has 2 heterocycles. The van der Waals surface area contributed by atoms with Crippen LogP contribution in [-0.4, -0.2) is 48.4 Å². The van der Waals surface area contributed by atoms with Crippen molar-refractivity contribution in [1.29, 1.82) is 0 Å². The molecule has 0 spiro atoms. The highest BCUT2D eigenvalue weighted by Gasteiger charge is 2.41. The summed E-state index contributed by atoms with van der Waals surface area (Å²) in [6.07, 6.45) is 0.853. The van der Waals surface area contributed by atoms with Gasteiger partial charge in [-0.05, 0) is 37.6 Å². The van der Waals surface area contributed by atoms with Crippen LogP contribution in [0.5, 0.6) is 5.75 Å². The minimum Gasteiger partial charge on any atom is -0.491 e. The fourth-order valence-corrected chi connectivity index (χ4v) is 2.91. The molecule has 1 unspecified atom stereocenters. The Bertz CT molecular complexity index is 731. The van der Waals surface area contributed by atoms with Gasteiger partial charge in [0.2, 0.25) is 5.91 Å². The van der Waals surface area contributed by atoms with Crippen molar-refractivity contribution in [1.82, 2.24) is 10.1 Å². The lowest BCUT2D eigenvalue weighted by Gasteiger charge is -2.27. The van der Waals surface area contributed by atoms with Gasteiger partial charge in [-0.3, -0.25) is 4.79 Å². The molecule has 134 valence electrons. The maximum absolute atomic E-state index is 13.0. The van der Waals surface area contributed by atoms with Crippen LogP contribution in [0.2, 0.25) is 0 Å². The number of aromatic nitrogens is 1. The fourth-order valence-electron chi connectivity index (χ4n) is 2.91. The number of likely N-dealkylation sites (tertiary alicyclic amines) is 1. The van der Waals surface area contributed by atoms with Gasteiger partial charge in [0.15, 0.2) is 0 Å². The normalized spacial score (nSPS) is 20.0. The summed E-state index contributed by atoms with van der Waals surface area (Å²) in [7, 11) is 1.61. The van der Waals surface area contributed by atoms with Gasteiger partial charge in [-0.15, -0.1) is 0 Å². The van der Waals surface area contributed by atoms with Crippen molar-refractivity contribution >= 4 is 5.91 Å². The molecular weight excluding hydrogens is 327 g/mol. The monoisotopic (exact) mass is 348 g/mol. The molecule has 1 aliphatic heterocycles. The van der Waals surface area contributed by atoms with Gasteiger partial charge in [-0.25, -0.2) is 4.39 Å². The van der Waals surface area contributed by atoms with E-state index < -0.39 is 5.60 Å². The number of amides is 1. The van der Waals surface area contributed by atoms with Crippen LogP contribution >= 0.6 is 0 Å². The Hall–Kier alpha value is -2.41. The Balaban J connectivity index is 1.57. The summed E-state index contributed by atoms with van der Waals surface area (Å²) >= 11 is 0. The summed E-state index contributed by atoms with van der Waals surface area (Å²) in [6.45, 7) is 3.14. The van der Waals surface area contributed by atoms with E-state index in [4.69, 9.17) is 14.0 Å². The van der Waals surface area contributed by atoms with Gasteiger partial charge < -0.3 is 18.9 Å². The summed E-state index contributed by atoms with van der Waals surface area (Å²) in [6, 6.07) is 7.60. The Labute approximate surface area is 145 Å². The number of rotatable bonds is 6. The highest BCUT2D eigenvalue weighted by Crippen LogP contribution is 2.27. The first-order valence-electron chi connectivity index (χ1n) is 8.13. The van der Waals surface area contributed by atoms with E-state index in [9.17, 15) is 9.18 Å². The number of benzene rings is 1. The molecule has 0 bridgehead atoms. The van der Waals surface area contributed by atoms with Crippen LogP contribution in [-0.2, 0) is 16.0 Å². The average Bonchev–Trinajstić information content (AvgIpc) is 3.21. The highest BCUT2D eigenvalue weighted by molar-refractivity contribution is 5.78. The van der Waals surface area contributed by atoms with Crippen LogP contribution in [0.3, 0.4) is 0 Å². The topological polar surface area (TPSA) is 64.8 Å². The first kappa shape index (κ1) is 17.4. The lowest BCUT2D eigenvalue weighted by atomic mass is 10.0. The first-order chi connectivity index (χ1) is 12.0. The smallest absolute Gasteiger partial charge is 0.230 e. The molecule has 1 aromatic heterocycles. The zero-order valence-electron chi connectivity index (χ0n) is 14.3. The Morgan fingerprint density at radius 2 is 2.16 bits per heavy atom. The predicted molar refractivity (Wildman–Crippen MR) is 87.8 cm³/mol. The van der Waals surface area contributed by atoms with E-state index in [1.807, 2.05) is 6.92 Å². The summed E-state index contributed by atoms with van der Waals surface area (Å²) < 4.78 is 29.4. The molecule has 1 saturated heterocycles. The second kappa shape index (κ2) is 7.23. The van der Waals surface area contributed by atoms with Crippen LogP contribution in [0.4, 0.5) is 4.39 Å². The van der Waals surface area contributed by atoms with Crippen molar-refractivity contribution in [2.45, 2.75) is 25.4 Å². The molecule has 25 heavy (non-hydrogen) atoms. The number of halogens is 1. The van der Waals surface area contributed by atoms with E-state index >= 15 is 0 Å². The van der Waals surface area contributed by atoms with Crippen LogP contribution in [0.15, 0.2) is 34.9 Å². The largest absolute Gasteiger partial charge is 0.491 e. The SMILES string of the molecule is COC1(COc2ccc(F)cc2)CCN(C(=O)Cc2cc(C)no2)C1. The van der Waals surface area contributed by atoms with Gasteiger partial charge in [0.05, 0.1) is 18.7 Å². The van der Waals surface area contributed by atoms with Crippen molar-refractivity contribution in [3.8, 4) is 5.75 Å². The van der Waals surface area contributed by atoms with E-state index in [1.165, 1.54) is 12.1 Å². The molecular formula is C18H21FN2O4. The third-order valence-corrected chi connectivity index (χ3v) is 4.42. The van der Waals surface area contributed by atoms with Gasteiger partial charge in [0.25, 0.3) is 0 Å². The quantitative estimate of drug-likeness (QED) is 0.802. The third-order valence-electron chi connectivity index (χ3n) is 4.42. The molecule has 6 nitrogen and oxygen atoms in total. The van der Waals surface area contributed by atoms with Crippen molar-refractivity contribution < 1.29 is 23.2 Å². The van der Waals surface area contributed by atoms with Gasteiger partial charge in [0.1, 0.15) is 29.5 Å². The molecule has 0 saturated carbocycles. The molecule has 0 radical (unpaired) electrons. The minimum atomic E-state index is -0.568. The summed E-state index contributed by atoms with van der Waals surface area (Å²) in [5, 5.41) is 3.79.